The number of carbonyl (C=O) groups is 1. The van der Waals surface area contributed by atoms with E-state index in [1.54, 1.807) is 6.08 Å². The minimum absolute atomic E-state index is 0.0767. The molecule has 3 N–H and O–H groups in total. The van der Waals surface area contributed by atoms with Crippen molar-refractivity contribution < 1.29 is 24.5 Å². The van der Waals surface area contributed by atoms with Gasteiger partial charge in [0.25, 0.3) is 0 Å². The van der Waals surface area contributed by atoms with Crippen LogP contribution < -0.4 is 0 Å². The molecule has 0 heterocycles. The second kappa shape index (κ2) is 12.2. The fourth-order valence-corrected chi connectivity index (χ4v) is 3.34. The van der Waals surface area contributed by atoms with Crippen molar-refractivity contribution in [3.05, 3.63) is 24.3 Å². The Kier molecular flexibility index (Phi) is 10.7. The van der Waals surface area contributed by atoms with Crippen molar-refractivity contribution in [1.29, 1.82) is 0 Å². The number of aliphatic hydroxyl groups excluding tert-OH is 2. The molecular formula is C20H33FO4. The maximum absolute atomic E-state index is 13.8. The molecule has 0 aromatic carbocycles. The van der Waals surface area contributed by atoms with Gasteiger partial charge >= 0.3 is 5.97 Å². The Morgan fingerprint density at radius 3 is 2.72 bits per heavy atom. The van der Waals surface area contributed by atoms with E-state index in [2.05, 4.69) is 0 Å². The molecular weight excluding hydrogens is 323 g/mol. The van der Waals surface area contributed by atoms with E-state index in [9.17, 15) is 19.4 Å². The standard InChI is InChI=1S/C20H33FO4/c1-2-3-9-17(21)19(23)14-12-15-11-13-18(22)16(15)8-6-4-5-7-10-20(24)25/h4,6,12,14-19,22-23H,2-3,5,7-11,13H2,1H3,(H,24,25)/b6-4-,14-12+/t15-,16-,17-,18+,19?/m1/s1. The number of halogens is 1. The van der Waals surface area contributed by atoms with Crippen molar-refractivity contribution in [2.24, 2.45) is 11.8 Å². The summed E-state index contributed by atoms with van der Waals surface area (Å²) in [7, 11) is 0. The van der Waals surface area contributed by atoms with Gasteiger partial charge in [-0.25, -0.2) is 4.39 Å². The first-order valence-electron chi connectivity index (χ1n) is 9.51. The van der Waals surface area contributed by atoms with E-state index >= 15 is 0 Å². The Morgan fingerprint density at radius 1 is 1.28 bits per heavy atom. The molecule has 5 atom stereocenters. The van der Waals surface area contributed by atoms with Crippen LogP contribution in [0.1, 0.15) is 64.7 Å². The third-order valence-corrected chi connectivity index (χ3v) is 4.94. The molecule has 0 radical (unpaired) electrons. The van der Waals surface area contributed by atoms with Gasteiger partial charge in [-0.05, 0) is 50.4 Å². The number of allylic oxidation sites excluding steroid dienone is 3. The van der Waals surface area contributed by atoms with Crippen molar-refractivity contribution in [3.63, 3.8) is 0 Å². The zero-order valence-corrected chi connectivity index (χ0v) is 15.2. The first kappa shape index (κ1) is 21.8. The molecule has 0 aliphatic heterocycles. The summed E-state index contributed by atoms with van der Waals surface area (Å²) in [6, 6.07) is 0. The largest absolute Gasteiger partial charge is 0.481 e. The van der Waals surface area contributed by atoms with Crippen molar-refractivity contribution in [2.45, 2.75) is 83.1 Å². The van der Waals surface area contributed by atoms with E-state index in [0.717, 1.165) is 32.1 Å². The van der Waals surface area contributed by atoms with Gasteiger partial charge in [0.2, 0.25) is 0 Å². The molecule has 0 amide bonds. The van der Waals surface area contributed by atoms with Crippen molar-refractivity contribution in [2.75, 3.05) is 0 Å². The number of hydrogen-bond acceptors (Lipinski definition) is 3. The highest BCUT2D eigenvalue weighted by Gasteiger charge is 2.32. The molecule has 1 rings (SSSR count). The Morgan fingerprint density at radius 2 is 2.04 bits per heavy atom. The zero-order valence-electron chi connectivity index (χ0n) is 15.2. The van der Waals surface area contributed by atoms with E-state index in [0.29, 0.717) is 19.3 Å². The van der Waals surface area contributed by atoms with Crippen LogP contribution in [0.15, 0.2) is 24.3 Å². The lowest BCUT2D eigenvalue weighted by Gasteiger charge is -2.19. The summed E-state index contributed by atoms with van der Waals surface area (Å²) in [6.07, 6.45) is 10.5. The van der Waals surface area contributed by atoms with Crippen LogP contribution in [0.5, 0.6) is 0 Å². The molecule has 0 saturated heterocycles. The summed E-state index contributed by atoms with van der Waals surface area (Å²) in [6.45, 7) is 1.99. The lowest BCUT2D eigenvalue weighted by Crippen LogP contribution is -2.21. The fourth-order valence-electron chi connectivity index (χ4n) is 3.34. The molecule has 0 bridgehead atoms. The van der Waals surface area contributed by atoms with Gasteiger partial charge in [0.15, 0.2) is 0 Å². The molecule has 0 spiro atoms. The predicted molar refractivity (Wildman–Crippen MR) is 97.0 cm³/mol. The summed E-state index contributed by atoms with van der Waals surface area (Å²) in [4.78, 5) is 10.4. The van der Waals surface area contributed by atoms with E-state index in [1.807, 2.05) is 25.2 Å². The molecule has 1 aliphatic rings. The highest BCUT2D eigenvalue weighted by atomic mass is 19.1. The van der Waals surface area contributed by atoms with Crippen LogP contribution in [0.4, 0.5) is 4.39 Å². The summed E-state index contributed by atoms with van der Waals surface area (Å²) >= 11 is 0. The second-order valence-corrected chi connectivity index (χ2v) is 7.00. The van der Waals surface area contributed by atoms with E-state index in [1.165, 1.54) is 0 Å². The molecule has 1 aliphatic carbocycles. The number of rotatable bonds is 12. The predicted octanol–water partition coefficient (Wildman–Crippen LogP) is 4.02. The van der Waals surface area contributed by atoms with Crippen LogP contribution in [0.2, 0.25) is 0 Å². The summed E-state index contributed by atoms with van der Waals surface area (Å²) in [5, 5.41) is 28.6. The average molecular weight is 356 g/mol. The van der Waals surface area contributed by atoms with E-state index in [4.69, 9.17) is 5.11 Å². The molecule has 25 heavy (non-hydrogen) atoms. The highest BCUT2D eigenvalue weighted by molar-refractivity contribution is 5.66. The van der Waals surface area contributed by atoms with Gasteiger partial charge in [-0.2, -0.15) is 0 Å². The number of alkyl halides is 1. The molecule has 1 unspecified atom stereocenters. The van der Waals surface area contributed by atoms with Gasteiger partial charge in [-0.15, -0.1) is 0 Å². The normalized spacial score (nSPS) is 26.5. The molecule has 0 aromatic heterocycles. The summed E-state index contributed by atoms with van der Waals surface area (Å²) < 4.78 is 13.8. The van der Waals surface area contributed by atoms with Crippen LogP contribution in [-0.2, 0) is 4.79 Å². The first-order valence-corrected chi connectivity index (χ1v) is 9.51. The Hall–Kier alpha value is -1.20. The van der Waals surface area contributed by atoms with Gasteiger partial charge in [-0.1, -0.05) is 44.1 Å². The van der Waals surface area contributed by atoms with Gasteiger partial charge in [-0.3, -0.25) is 4.79 Å². The Labute approximate surface area is 150 Å². The minimum atomic E-state index is -1.23. The number of carboxylic acids is 1. The van der Waals surface area contributed by atoms with Crippen molar-refractivity contribution in [3.8, 4) is 0 Å². The van der Waals surface area contributed by atoms with Crippen molar-refractivity contribution in [1.82, 2.24) is 0 Å². The number of aliphatic hydroxyl groups is 2. The smallest absolute Gasteiger partial charge is 0.303 e. The van der Waals surface area contributed by atoms with Crippen LogP contribution in [0.25, 0.3) is 0 Å². The highest BCUT2D eigenvalue weighted by Crippen LogP contribution is 2.36. The Bertz CT molecular complexity index is 435. The van der Waals surface area contributed by atoms with Gasteiger partial charge < -0.3 is 15.3 Å². The molecule has 4 nitrogen and oxygen atoms in total. The number of carboxylic acid groups (broad SMARTS) is 1. The van der Waals surface area contributed by atoms with Crippen LogP contribution in [-0.4, -0.2) is 39.7 Å². The van der Waals surface area contributed by atoms with E-state index < -0.39 is 18.2 Å². The maximum atomic E-state index is 13.8. The quantitative estimate of drug-likeness (QED) is 0.364. The first-order chi connectivity index (χ1) is 12.0. The monoisotopic (exact) mass is 356 g/mol. The van der Waals surface area contributed by atoms with Gasteiger partial charge in [0.1, 0.15) is 12.3 Å². The number of aliphatic carboxylic acids is 1. The zero-order chi connectivity index (χ0) is 18.7. The van der Waals surface area contributed by atoms with E-state index in [-0.39, 0.29) is 24.4 Å². The molecule has 1 fully saturated rings. The molecule has 5 heteroatoms. The molecule has 144 valence electrons. The second-order valence-electron chi connectivity index (χ2n) is 7.00. The lowest BCUT2D eigenvalue weighted by molar-refractivity contribution is -0.137. The van der Waals surface area contributed by atoms with Crippen LogP contribution in [0, 0.1) is 11.8 Å². The number of unbranched alkanes of at least 4 members (excludes halogenated alkanes) is 2. The topological polar surface area (TPSA) is 77.8 Å². The average Bonchev–Trinajstić information content (AvgIpc) is 2.93. The van der Waals surface area contributed by atoms with Crippen molar-refractivity contribution >= 4 is 5.97 Å². The van der Waals surface area contributed by atoms with Gasteiger partial charge in [0.05, 0.1) is 6.10 Å². The molecule has 1 saturated carbocycles. The maximum Gasteiger partial charge on any atom is 0.303 e. The summed E-state index contributed by atoms with van der Waals surface area (Å²) in [5.74, 6) is -0.562. The lowest BCUT2D eigenvalue weighted by atomic mass is 9.90. The number of hydrogen-bond donors (Lipinski definition) is 3. The fraction of sp³-hybridized carbons (Fsp3) is 0.750. The third kappa shape index (κ3) is 8.63. The Balaban J connectivity index is 2.43. The van der Waals surface area contributed by atoms with Crippen LogP contribution in [0.3, 0.4) is 0 Å². The minimum Gasteiger partial charge on any atom is -0.481 e. The molecule has 0 aromatic rings. The summed E-state index contributed by atoms with van der Waals surface area (Å²) in [5.41, 5.74) is 0. The third-order valence-electron chi connectivity index (χ3n) is 4.94. The van der Waals surface area contributed by atoms with Crippen LogP contribution >= 0.6 is 0 Å². The van der Waals surface area contributed by atoms with Gasteiger partial charge in [0, 0.05) is 6.42 Å². The SMILES string of the molecule is CCCC[C@@H](F)C(O)/C=C/[C@H]1CC[C@H](O)[C@@H]1C/C=C\CCCC(=O)O.